The third-order valence-electron chi connectivity index (χ3n) is 8.50. The van der Waals surface area contributed by atoms with Crippen LogP contribution in [0.3, 0.4) is 0 Å². The van der Waals surface area contributed by atoms with E-state index in [1.54, 1.807) is 11.1 Å². The second kappa shape index (κ2) is 36.9. The van der Waals surface area contributed by atoms with Gasteiger partial charge in [-0.25, -0.2) is 0 Å². The Morgan fingerprint density at radius 3 is 1.43 bits per heavy atom. The van der Waals surface area contributed by atoms with Crippen molar-refractivity contribution in [1.82, 2.24) is 14.7 Å². The van der Waals surface area contributed by atoms with Crippen LogP contribution >= 0.6 is 0 Å². The Labute approximate surface area is 344 Å². The molecule has 7 rings (SSSR count). The van der Waals surface area contributed by atoms with Crippen molar-refractivity contribution in [3.63, 3.8) is 0 Å². The minimum atomic E-state index is 0.583. The molecule has 4 fully saturated rings. The summed E-state index contributed by atoms with van der Waals surface area (Å²) in [7, 11) is 7.67. The van der Waals surface area contributed by atoms with Crippen molar-refractivity contribution in [3.05, 3.63) is 138 Å². The molecule has 0 bridgehead atoms. The van der Waals surface area contributed by atoms with E-state index in [0.717, 1.165) is 57.6 Å². The van der Waals surface area contributed by atoms with Crippen molar-refractivity contribution in [3.8, 4) is 0 Å². The number of epoxide rings is 1. The smallest absolute Gasteiger partial charge is 0.0781 e. The number of likely N-dealkylation sites (N-methyl/N-ethyl adjacent to an activating group) is 2. The van der Waals surface area contributed by atoms with Gasteiger partial charge in [0, 0.05) is 44.1 Å². The first-order chi connectivity index (χ1) is 26.8. The number of benzene rings is 2. The molecule has 4 aliphatic heterocycles. The van der Waals surface area contributed by atoms with Gasteiger partial charge in [-0.3, -0.25) is 4.90 Å². The fourth-order valence-electron chi connectivity index (χ4n) is 4.23. The zero-order valence-electron chi connectivity index (χ0n) is 37.1. The maximum absolute atomic E-state index is 7.33. The molecule has 8 nitrogen and oxygen atoms in total. The summed E-state index contributed by atoms with van der Waals surface area (Å²) >= 11 is 0. The fraction of sp³-hybridized carbons (Fsp3) is 0.542. The van der Waals surface area contributed by atoms with E-state index in [0.29, 0.717) is 6.10 Å². The molecule has 0 amide bonds. The van der Waals surface area contributed by atoms with Gasteiger partial charge >= 0.3 is 0 Å². The quantitative estimate of drug-likeness (QED) is 0.0834. The van der Waals surface area contributed by atoms with Gasteiger partial charge in [-0.2, -0.15) is 0 Å². The third kappa shape index (κ3) is 37.2. The molecule has 0 saturated carbocycles. The highest BCUT2D eigenvalue weighted by atomic mass is 16.6. The molecule has 1 aliphatic carbocycles. The molecular weight excluding hydrogens is 693 g/mol. The third-order valence-corrected chi connectivity index (χ3v) is 8.50. The highest BCUT2D eigenvalue weighted by Crippen LogP contribution is 2.22. The second-order valence-corrected chi connectivity index (χ2v) is 14.9. The summed E-state index contributed by atoms with van der Waals surface area (Å²) in [5.74, 6) is 1.57. The average Bonchev–Trinajstić information content (AvgIpc) is 4.10. The SMILES string of the molecule is C=CCC(C)CC=C.C=CCN(C)CC=C.C=Cc1ccc(C)cc1.CC1CO1.CC1COC1.CN1CC1.CN1CCC1.CN=[N+]=[N-].Cc1ccc2c(c1)CC2. The van der Waals surface area contributed by atoms with Gasteiger partial charge < -0.3 is 19.3 Å². The van der Waals surface area contributed by atoms with Crippen LogP contribution in [0.2, 0.25) is 0 Å². The summed E-state index contributed by atoms with van der Waals surface area (Å²) in [6, 6.07) is 15.0. The van der Waals surface area contributed by atoms with Crippen LogP contribution in [0.25, 0.3) is 16.5 Å². The standard InChI is InChI=1S/2C9H10.C8H14.C7H13N.C4H9N.C4H8O.C3H7N.C3H6O.CH3N3/c1-7-2-3-8-4-5-9(8)6-7;1-3-9-6-4-8(2)5-7-9;2*1-4-6-8(3)7-5-2;1-5-3-2-4-5;1-4-2-5-3-4;1-4-2-3-4;1-3-2-4-3;1-3-4-2/h2-3,6H,4-5H2,1H3;3-7H,1H2,2H3;4-5,8H,1-2,6-7H2,3H3;4-5H,1-2,6-7H2,3H3;2-4H2,1H3;4H,2-3H2,1H3;2-3H2,1H3;3H,2H2,1H3;1H3. The van der Waals surface area contributed by atoms with Crippen LogP contribution in [-0.2, 0) is 22.3 Å². The number of likely N-dealkylation sites (tertiary alicyclic amines) is 1. The molecule has 314 valence electrons. The van der Waals surface area contributed by atoms with E-state index in [1.807, 2.05) is 37.4 Å². The molecule has 56 heavy (non-hydrogen) atoms. The lowest BCUT2D eigenvalue weighted by molar-refractivity contribution is -0.0221. The number of rotatable bonds is 9. The van der Waals surface area contributed by atoms with E-state index in [2.05, 4.69) is 149 Å². The number of hydrogen-bond acceptors (Lipinski definition) is 6. The maximum Gasteiger partial charge on any atom is 0.0781 e. The largest absolute Gasteiger partial charge is 0.381 e. The summed E-state index contributed by atoms with van der Waals surface area (Å²) in [6.45, 7) is 38.9. The number of fused-ring (bicyclic) bond motifs is 1. The lowest BCUT2D eigenvalue weighted by atomic mass is 9.88. The van der Waals surface area contributed by atoms with Crippen molar-refractivity contribution in [2.45, 2.75) is 72.8 Å². The predicted octanol–water partition coefficient (Wildman–Crippen LogP) is 11.0. The minimum Gasteiger partial charge on any atom is -0.381 e. The summed E-state index contributed by atoms with van der Waals surface area (Å²) in [4.78, 5) is 9.04. The predicted molar refractivity (Wildman–Crippen MR) is 247 cm³/mol. The second-order valence-electron chi connectivity index (χ2n) is 14.9. The van der Waals surface area contributed by atoms with Crippen LogP contribution in [0.15, 0.2) is 105 Å². The molecule has 8 heteroatoms. The first kappa shape index (κ1) is 54.4. The summed E-state index contributed by atoms with van der Waals surface area (Å²) in [5.41, 5.74) is 14.3. The molecular formula is C48H80N6O2. The molecule has 1 atom stereocenters. The number of ether oxygens (including phenoxy) is 2. The van der Waals surface area contributed by atoms with Gasteiger partial charge in [0.25, 0.3) is 0 Å². The number of azide groups is 1. The molecule has 4 saturated heterocycles. The number of aryl methyl sites for hydroxylation is 4. The number of nitrogens with zero attached hydrogens (tertiary/aromatic N) is 6. The molecule has 4 heterocycles. The van der Waals surface area contributed by atoms with Gasteiger partial charge in [0.05, 0.1) is 25.9 Å². The first-order valence-electron chi connectivity index (χ1n) is 20.2. The first-order valence-corrected chi connectivity index (χ1v) is 20.2. The zero-order valence-corrected chi connectivity index (χ0v) is 37.1. The van der Waals surface area contributed by atoms with Crippen LogP contribution in [0.5, 0.6) is 0 Å². The van der Waals surface area contributed by atoms with E-state index in [9.17, 15) is 0 Å². The van der Waals surface area contributed by atoms with Crippen molar-refractivity contribution < 1.29 is 9.47 Å². The molecule has 5 aliphatic rings. The highest BCUT2D eigenvalue weighted by Gasteiger charge is 2.13. The Balaban J connectivity index is 0. The average molecular weight is 773 g/mol. The van der Waals surface area contributed by atoms with Crippen LogP contribution < -0.4 is 0 Å². The van der Waals surface area contributed by atoms with E-state index in [-0.39, 0.29) is 0 Å². The zero-order chi connectivity index (χ0) is 42.6. The minimum absolute atomic E-state index is 0.583. The van der Waals surface area contributed by atoms with Gasteiger partial charge in [-0.1, -0.05) is 110 Å². The van der Waals surface area contributed by atoms with E-state index in [1.165, 1.54) is 69.2 Å². The molecule has 0 N–H and O–H groups in total. The molecule has 2 aromatic carbocycles. The topological polar surface area (TPSA) is 80.0 Å². The molecule has 0 spiro atoms. The fourth-order valence-corrected chi connectivity index (χ4v) is 4.23. The van der Waals surface area contributed by atoms with E-state index < -0.39 is 0 Å². The van der Waals surface area contributed by atoms with Gasteiger partial charge in [-0.05, 0) is 115 Å². The van der Waals surface area contributed by atoms with Gasteiger partial charge in [0.2, 0.25) is 0 Å². The lowest BCUT2D eigenvalue weighted by Crippen LogP contribution is -2.32. The van der Waals surface area contributed by atoms with Crippen molar-refractivity contribution >= 4 is 6.08 Å². The van der Waals surface area contributed by atoms with Gasteiger partial charge in [-0.15, -0.1) is 26.3 Å². The Morgan fingerprint density at radius 1 is 0.804 bits per heavy atom. The molecule has 2 aromatic rings. The van der Waals surface area contributed by atoms with Crippen molar-refractivity contribution in [2.24, 2.45) is 17.0 Å². The van der Waals surface area contributed by atoms with Gasteiger partial charge in [0.1, 0.15) is 0 Å². The number of allylic oxidation sites excluding steroid dienone is 2. The molecule has 0 aromatic heterocycles. The summed E-state index contributed by atoms with van der Waals surface area (Å²) < 4.78 is 9.54. The Hall–Kier alpha value is -3.75. The summed E-state index contributed by atoms with van der Waals surface area (Å²) in [6.07, 6.45) is 16.3. The van der Waals surface area contributed by atoms with Crippen LogP contribution in [0.4, 0.5) is 0 Å². The normalized spacial score (nSPS) is 16.0. The Kier molecular flexibility index (Phi) is 35.8. The summed E-state index contributed by atoms with van der Waals surface area (Å²) in [5, 5.41) is 2.92. The Morgan fingerprint density at radius 2 is 1.21 bits per heavy atom. The Bertz CT molecular complexity index is 1270. The van der Waals surface area contributed by atoms with Crippen molar-refractivity contribution in [2.75, 3.05) is 87.3 Å². The lowest BCUT2D eigenvalue weighted by Gasteiger charge is -2.24. The van der Waals surface area contributed by atoms with Gasteiger partial charge in [0.15, 0.2) is 0 Å². The molecule has 1 unspecified atom stereocenters. The van der Waals surface area contributed by atoms with E-state index >= 15 is 0 Å². The van der Waals surface area contributed by atoms with Crippen LogP contribution in [0.1, 0.15) is 67.9 Å². The molecule has 0 radical (unpaired) electrons. The van der Waals surface area contributed by atoms with Crippen LogP contribution in [-0.4, -0.2) is 108 Å². The van der Waals surface area contributed by atoms with E-state index in [4.69, 9.17) is 15.0 Å². The maximum atomic E-state index is 7.33. The highest BCUT2D eigenvalue weighted by molar-refractivity contribution is 5.46. The van der Waals surface area contributed by atoms with Crippen LogP contribution in [0, 0.1) is 25.7 Å². The van der Waals surface area contributed by atoms with Crippen molar-refractivity contribution in [1.29, 1.82) is 0 Å². The number of hydrogen-bond donors (Lipinski definition) is 0. The monoisotopic (exact) mass is 773 g/mol.